The number of carbonyl (C=O) groups excluding carboxylic acids is 2. The second kappa shape index (κ2) is 10.3. The van der Waals surface area contributed by atoms with E-state index in [-0.39, 0.29) is 16.5 Å². The van der Waals surface area contributed by atoms with Crippen LogP contribution in [0, 0.1) is 0 Å². The Morgan fingerprint density at radius 1 is 1.19 bits per heavy atom. The number of carbonyl (C=O) groups is 2. The normalized spacial score (nSPS) is 15.2. The summed E-state index contributed by atoms with van der Waals surface area (Å²) in [6, 6.07) is 10.7. The van der Waals surface area contributed by atoms with Crippen molar-refractivity contribution in [3.63, 3.8) is 0 Å². The fraction of sp³-hybridized carbons (Fsp3) is 0.333. The highest BCUT2D eigenvalue weighted by atomic mass is 35.5. The molecule has 1 aliphatic heterocycles. The number of morpholine rings is 1. The smallest absolute Gasteiger partial charge is 0.340 e. The Morgan fingerprint density at radius 3 is 2.47 bits per heavy atom. The molecule has 1 aliphatic rings. The second-order valence-corrected chi connectivity index (χ2v) is 9.24. The fourth-order valence-electron chi connectivity index (χ4n) is 3.26. The van der Waals surface area contributed by atoms with Crippen LogP contribution in [0.25, 0.3) is 0 Å². The summed E-state index contributed by atoms with van der Waals surface area (Å²) >= 11 is 5.87. The van der Waals surface area contributed by atoms with Gasteiger partial charge in [0.25, 0.3) is 5.91 Å². The highest BCUT2D eigenvalue weighted by Crippen LogP contribution is 2.25. The van der Waals surface area contributed by atoms with Gasteiger partial charge in [0.15, 0.2) is 6.61 Å². The molecular weight excluding hydrogens is 458 g/mol. The second-order valence-electron chi connectivity index (χ2n) is 7.24. The molecule has 9 nitrogen and oxygen atoms in total. The predicted octanol–water partition coefficient (Wildman–Crippen LogP) is 1.86. The van der Waals surface area contributed by atoms with Crippen molar-refractivity contribution in [1.29, 1.82) is 0 Å². The number of rotatable bonds is 7. The zero-order valence-electron chi connectivity index (χ0n) is 17.4. The summed E-state index contributed by atoms with van der Waals surface area (Å²) in [5, 5.41) is 8.53. The van der Waals surface area contributed by atoms with Crippen LogP contribution >= 0.6 is 11.6 Å². The average molecular weight is 482 g/mol. The maximum atomic E-state index is 12.8. The number of benzene rings is 2. The summed E-state index contributed by atoms with van der Waals surface area (Å²) < 4.78 is 34.0. The van der Waals surface area contributed by atoms with Gasteiger partial charge in [-0.05, 0) is 42.8 Å². The Bertz CT molecular complexity index is 1090. The summed E-state index contributed by atoms with van der Waals surface area (Å²) in [4.78, 5) is 26.7. The van der Waals surface area contributed by atoms with E-state index in [0.717, 1.165) is 11.6 Å². The lowest BCUT2D eigenvalue weighted by Crippen LogP contribution is -2.37. The van der Waals surface area contributed by atoms with Gasteiger partial charge < -0.3 is 19.7 Å². The number of sulfonamides is 1. The Balaban J connectivity index is 1.71. The molecule has 0 bridgehead atoms. The number of nitrogens with zero attached hydrogens (tertiary/aromatic N) is 1. The molecule has 0 saturated carbocycles. The lowest BCUT2D eigenvalue weighted by Gasteiger charge is -2.30. The Kier molecular flexibility index (Phi) is 7.73. The van der Waals surface area contributed by atoms with Gasteiger partial charge in [0, 0.05) is 18.1 Å². The van der Waals surface area contributed by atoms with Crippen molar-refractivity contribution in [3.05, 3.63) is 58.6 Å². The maximum absolute atomic E-state index is 12.8. The molecule has 1 unspecified atom stereocenters. The van der Waals surface area contributed by atoms with Crippen molar-refractivity contribution >= 4 is 39.2 Å². The first-order valence-electron chi connectivity index (χ1n) is 9.86. The maximum Gasteiger partial charge on any atom is 0.340 e. The van der Waals surface area contributed by atoms with Gasteiger partial charge in [-0.3, -0.25) is 4.79 Å². The molecule has 172 valence electrons. The van der Waals surface area contributed by atoms with Gasteiger partial charge in [0.05, 0.1) is 35.4 Å². The van der Waals surface area contributed by atoms with E-state index in [9.17, 15) is 18.0 Å². The van der Waals surface area contributed by atoms with E-state index in [1.807, 2.05) is 4.90 Å². The van der Waals surface area contributed by atoms with Crippen LogP contribution in [0.15, 0.2) is 47.4 Å². The van der Waals surface area contributed by atoms with Gasteiger partial charge in [-0.1, -0.05) is 23.7 Å². The first-order valence-corrected chi connectivity index (χ1v) is 11.8. The van der Waals surface area contributed by atoms with Crippen LogP contribution in [-0.4, -0.2) is 53.2 Å². The molecule has 2 aromatic carbocycles. The van der Waals surface area contributed by atoms with Crippen molar-refractivity contribution in [1.82, 2.24) is 5.32 Å². The van der Waals surface area contributed by atoms with Gasteiger partial charge in [-0.2, -0.15) is 0 Å². The van der Waals surface area contributed by atoms with E-state index < -0.39 is 28.5 Å². The standard InChI is InChI=1S/C21H24ClN3O6S/c1-14(15-2-4-16(22)5-3-15)24-20(26)13-31-21(27)18-12-17(32(23,28)29)6-7-19(18)25-8-10-30-11-9-25/h2-7,12,14H,8-11,13H2,1H3,(H,24,26)(H2,23,28,29). The van der Waals surface area contributed by atoms with Crippen molar-refractivity contribution < 1.29 is 27.5 Å². The summed E-state index contributed by atoms with van der Waals surface area (Å²) in [5.41, 5.74) is 1.34. The molecule has 3 rings (SSSR count). The van der Waals surface area contributed by atoms with Crippen molar-refractivity contribution in [3.8, 4) is 0 Å². The fourth-order valence-corrected chi connectivity index (χ4v) is 3.93. The van der Waals surface area contributed by atoms with E-state index >= 15 is 0 Å². The highest BCUT2D eigenvalue weighted by Gasteiger charge is 2.23. The average Bonchev–Trinajstić information content (AvgIpc) is 2.77. The molecule has 1 amide bonds. The molecule has 3 N–H and O–H groups in total. The van der Waals surface area contributed by atoms with Crippen LogP contribution in [0.2, 0.25) is 5.02 Å². The monoisotopic (exact) mass is 481 g/mol. The van der Waals surface area contributed by atoms with Crippen molar-refractivity contribution in [2.24, 2.45) is 5.14 Å². The number of nitrogens with two attached hydrogens (primary N) is 1. The van der Waals surface area contributed by atoms with Crippen LogP contribution < -0.4 is 15.4 Å². The van der Waals surface area contributed by atoms with Gasteiger partial charge in [-0.25, -0.2) is 18.4 Å². The highest BCUT2D eigenvalue weighted by molar-refractivity contribution is 7.89. The van der Waals surface area contributed by atoms with Gasteiger partial charge >= 0.3 is 5.97 Å². The van der Waals surface area contributed by atoms with Crippen LogP contribution in [0.1, 0.15) is 28.9 Å². The SMILES string of the molecule is CC(NC(=O)COC(=O)c1cc(S(N)(=O)=O)ccc1N1CCOCC1)c1ccc(Cl)cc1. The van der Waals surface area contributed by atoms with E-state index in [1.54, 1.807) is 31.2 Å². The van der Waals surface area contributed by atoms with E-state index in [4.69, 9.17) is 26.2 Å². The molecule has 0 radical (unpaired) electrons. The number of nitrogens with one attached hydrogen (secondary N) is 1. The summed E-state index contributed by atoms with van der Waals surface area (Å²) in [6.45, 7) is 3.24. The first-order chi connectivity index (χ1) is 15.1. The minimum Gasteiger partial charge on any atom is -0.452 e. The number of halogens is 1. The topological polar surface area (TPSA) is 128 Å². The third-order valence-corrected chi connectivity index (χ3v) is 6.11. The Hall–Kier alpha value is -2.66. The molecule has 1 heterocycles. The van der Waals surface area contributed by atoms with E-state index in [2.05, 4.69) is 5.32 Å². The molecule has 0 aromatic heterocycles. The third kappa shape index (κ3) is 6.19. The molecule has 32 heavy (non-hydrogen) atoms. The third-order valence-electron chi connectivity index (χ3n) is 4.95. The lowest BCUT2D eigenvalue weighted by atomic mass is 10.1. The van der Waals surface area contributed by atoms with Gasteiger partial charge in [0.1, 0.15) is 0 Å². The quantitative estimate of drug-likeness (QED) is 0.577. The number of hydrogen-bond donors (Lipinski definition) is 2. The molecule has 0 aliphatic carbocycles. The number of esters is 1. The summed E-state index contributed by atoms with van der Waals surface area (Å²) in [5.74, 6) is -1.33. The minimum atomic E-state index is -4.03. The molecule has 1 saturated heterocycles. The van der Waals surface area contributed by atoms with E-state index in [0.29, 0.717) is 37.0 Å². The zero-order valence-corrected chi connectivity index (χ0v) is 19.0. The van der Waals surface area contributed by atoms with Crippen LogP contribution in [-0.2, 0) is 24.3 Å². The molecule has 1 fully saturated rings. The molecular formula is C21H24ClN3O6S. The Morgan fingerprint density at radius 2 is 1.84 bits per heavy atom. The molecule has 11 heteroatoms. The minimum absolute atomic E-state index is 0.0111. The number of anilines is 1. The molecule has 2 aromatic rings. The Labute approximate surface area is 191 Å². The lowest BCUT2D eigenvalue weighted by molar-refractivity contribution is -0.124. The molecule has 1 atom stereocenters. The van der Waals surface area contributed by atoms with Crippen LogP contribution in [0.3, 0.4) is 0 Å². The zero-order chi connectivity index (χ0) is 23.3. The number of ether oxygens (including phenoxy) is 2. The van der Waals surface area contributed by atoms with Crippen LogP contribution in [0.5, 0.6) is 0 Å². The molecule has 0 spiro atoms. The largest absolute Gasteiger partial charge is 0.452 e. The van der Waals surface area contributed by atoms with Crippen molar-refractivity contribution in [2.45, 2.75) is 17.9 Å². The number of hydrogen-bond acceptors (Lipinski definition) is 7. The van der Waals surface area contributed by atoms with Gasteiger partial charge in [-0.15, -0.1) is 0 Å². The number of amides is 1. The summed E-state index contributed by atoms with van der Waals surface area (Å²) in [6.07, 6.45) is 0. The van der Waals surface area contributed by atoms with Crippen LogP contribution in [0.4, 0.5) is 5.69 Å². The summed E-state index contributed by atoms with van der Waals surface area (Å²) in [7, 11) is -4.03. The number of primary sulfonamides is 1. The predicted molar refractivity (Wildman–Crippen MR) is 119 cm³/mol. The first kappa shape index (κ1) is 24.0. The van der Waals surface area contributed by atoms with Gasteiger partial charge in [0.2, 0.25) is 10.0 Å². The van der Waals surface area contributed by atoms with Crippen molar-refractivity contribution in [2.75, 3.05) is 37.8 Å². The van der Waals surface area contributed by atoms with E-state index in [1.165, 1.54) is 12.1 Å².